The van der Waals surface area contributed by atoms with Gasteiger partial charge in [0.1, 0.15) is 12.1 Å². The van der Waals surface area contributed by atoms with E-state index in [0.717, 1.165) is 0 Å². The molecule has 1 rings (SSSR count). The van der Waals surface area contributed by atoms with Crippen LogP contribution in [-0.4, -0.2) is 54.2 Å². The highest BCUT2D eigenvalue weighted by molar-refractivity contribution is 7.80. The average molecular weight is 259 g/mol. The van der Waals surface area contributed by atoms with Crippen molar-refractivity contribution in [2.75, 3.05) is 26.8 Å². The van der Waals surface area contributed by atoms with Crippen LogP contribution in [0, 0.1) is 0 Å². The molecule has 0 spiro atoms. The van der Waals surface area contributed by atoms with Crippen molar-refractivity contribution in [1.82, 2.24) is 15.5 Å². The molecule has 0 bridgehead atoms. The number of thiocarbonyl (C=S) groups is 1. The second-order valence-corrected chi connectivity index (χ2v) is 4.63. The Morgan fingerprint density at radius 1 is 1.59 bits per heavy atom. The minimum Gasteiger partial charge on any atom is -0.383 e. The predicted molar refractivity (Wildman–Crippen MR) is 66.4 cm³/mol. The first kappa shape index (κ1) is 13.9. The van der Waals surface area contributed by atoms with Crippen LogP contribution in [0.4, 0.5) is 0 Å². The van der Waals surface area contributed by atoms with Crippen molar-refractivity contribution < 1.29 is 14.3 Å². The number of carbonyl (C=O) groups excluding carboxylic acids is 2. The molecular weight excluding hydrogens is 242 g/mol. The van der Waals surface area contributed by atoms with Crippen molar-refractivity contribution in [2.24, 2.45) is 0 Å². The Hall–Kier alpha value is -1.21. The van der Waals surface area contributed by atoms with Gasteiger partial charge in [0.25, 0.3) is 5.91 Å². The molecule has 1 fully saturated rings. The zero-order valence-corrected chi connectivity index (χ0v) is 11.0. The number of rotatable bonds is 3. The largest absolute Gasteiger partial charge is 0.383 e. The van der Waals surface area contributed by atoms with Crippen LogP contribution in [0.5, 0.6) is 0 Å². The summed E-state index contributed by atoms with van der Waals surface area (Å²) < 4.78 is 4.89. The summed E-state index contributed by atoms with van der Waals surface area (Å²) in [4.78, 5) is 24.6. The van der Waals surface area contributed by atoms with Crippen LogP contribution in [0.1, 0.15) is 13.8 Å². The van der Waals surface area contributed by atoms with Crippen LogP contribution in [0.15, 0.2) is 0 Å². The lowest BCUT2D eigenvalue weighted by Crippen LogP contribution is -2.67. The van der Waals surface area contributed by atoms with Crippen molar-refractivity contribution in [2.45, 2.75) is 19.4 Å². The van der Waals surface area contributed by atoms with Crippen LogP contribution < -0.4 is 10.6 Å². The minimum absolute atomic E-state index is 0.0809. The predicted octanol–water partition coefficient (Wildman–Crippen LogP) is -0.756. The second kappa shape index (κ2) is 5.42. The molecule has 0 unspecified atom stereocenters. The fourth-order valence-corrected chi connectivity index (χ4v) is 1.86. The first-order chi connectivity index (χ1) is 7.89. The molecule has 0 aromatic carbocycles. The molecule has 1 aliphatic heterocycles. The van der Waals surface area contributed by atoms with E-state index in [0.29, 0.717) is 18.3 Å². The number of hydrogen-bond acceptors (Lipinski definition) is 4. The fourth-order valence-electron chi connectivity index (χ4n) is 1.46. The summed E-state index contributed by atoms with van der Waals surface area (Å²) in [5.74, 6) is -0.685. The van der Waals surface area contributed by atoms with E-state index in [1.807, 2.05) is 0 Å². The number of amides is 2. The SMILES string of the molecule is COCCNC(=S)N1CC(=O)NC(=O)C1(C)C. The van der Waals surface area contributed by atoms with Gasteiger partial charge >= 0.3 is 0 Å². The summed E-state index contributed by atoms with van der Waals surface area (Å²) in [6, 6.07) is 0. The zero-order chi connectivity index (χ0) is 13.1. The maximum Gasteiger partial charge on any atom is 0.251 e. The molecule has 2 amide bonds. The van der Waals surface area contributed by atoms with Crippen LogP contribution in [0.3, 0.4) is 0 Å². The minimum atomic E-state index is -0.828. The first-order valence-electron chi connectivity index (χ1n) is 5.28. The standard InChI is InChI=1S/C10H17N3O3S/c1-10(2)8(15)12-7(14)6-13(10)9(17)11-4-5-16-3/h4-6H2,1-3H3,(H,11,17)(H,12,14,15). The van der Waals surface area contributed by atoms with Crippen molar-refractivity contribution in [3.05, 3.63) is 0 Å². The Labute approximate surface area is 106 Å². The Morgan fingerprint density at radius 2 is 2.24 bits per heavy atom. The van der Waals surface area contributed by atoms with Gasteiger partial charge in [-0.3, -0.25) is 14.9 Å². The molecule has 17 heavy (non-hydrogen) atoms. The Morgan fingerprint density at radius 3 is 2.82 bits per heavy atom. The highest BCUT2D eigenvalue weighted by atomic mass is 32.1. The van der Waals surface area contributed by atoms with Crippen molar-refractivity contribution in [1.29, 1.82) is 0 Å². The smallest absolute Gasteiger partial charge is 0.251 e. The molecule has 0 aromatic rings. The Kier molecular flexibility index (Phi) is 4.41. The molecule has 1 aliphatic rings. The Balaban J connectivity index is 2.69. The van der Waals surface area contributed by atoms with E-state index in [9.17, 15) is 9.59 Å². The normalized spacial score (nSPS) is 18.9. The van der Waals surface area contributed by atoms with Crippen LogP contribution >= 0.6 is 12.2 Å². The number of piperazine rings is 1. The monoisotopic (exact) mass is 259 g/mol. The van der Waals surface area contributed by atoms with E-state index < -0.39 is 5.54 Å². The highest BCUT2D eigenvalue weighted by Crippen LogP contribution is 2.18. The third kappa shape index (κ3) is 3.13. The van der Waals surface area contributed by atoms with Gasteiger partial charge in [0.15, 0.2) is 5.11 Å². The van der Waals surface area contributed by atoms with Gasteiger partial charge in [-0.15, -0.1) is 0 Å². The lowest BCUT2D eigenvalue weighted by Gasteiger charge is -2.41. The molecule has 0 atom stereocenters. The lowest BCUT2D eigenvalue weighted by atomic mass is 9.99. The summed E-state index contributed by atoms with van der Waals surface area (Å²) in [6.45, 7) is 4.57. The summed E-state index contributed by atoms with van der Waals surface area (Å²) >= 11 is 5.17. The summed E-state index contributed by atoms with van der Waals surface area (Å²) in [5, 5.41) is 5.62. The summed E-state index contributed by atoms with van der Waals surface area (Å²) in [6.07, 6.45) is 0. The summed E-state index contributed by atoms with van der Waals surface area (Å²) in [7, 11) is 1.59. The number of methoxy groups -OCH3 is 1. The molecule has 0 radical (unpaired) electrons. The number of imide groups is 1. The molecule has 0 saturated carbocycles. The molecule has 0 aromatic heterocycles. The van der Waals surface area contributed by atoms with E-state index in [2.05, 4.69) is 10.6 Å². The molecule has 2 N–H and O–H groups in total. The second-order valence-electron chi connectivity index (χ2n) is 4.25. The van der Waals surface area contributed by atoms with E-state index in [1.165, 1.54) is 0 Å². The quantitative estimate of drug-likeness (QED) is 0.394. The van der Waals surface area contributed by atoms with E-state index in [-0.39, 0.29) is 18.4 Å². The summed E-state index contributed by atoms with van der Waals surface area (Å²) in [5.41, 5.74) is -0.828. The maximum absolute atomic E-state index is 11.7. The van der Waals surface area contributed by atoms with Gasteiger partial charge in [-0.05, 0) is 26.1 Å². The van der Waals surface area contributed by atoms with Crippen LogP contribution in [-0.2, 0) is 14.3 Å². The van der Waals surface area contributed by atoms with Gasteiger partial charge in [-0.25, -0.2) is 0 Å². The van der Waals surface area contributed by atoms with Gasteiger partial charge in [-0.1, -0.05) is 0 Å². The molecule has 1 heterocycles. The average Bonchev–Trinajstić information content (AvgIpc) is 2.24. The number of hydrogen-bond donors (Lipinski definition) is 2. The zero-order valence-electron chi connectivity index (χ0n) is 10.2. The van der Waals surface area contributed by atoms with Gasteiger partial charge in [0.2, 0.25) is 5.91 Å². The van der Waals surface area contributed by atoms with Crippen LogP contribution in [0.2, 0.25) is 0 Å². The number of ether oxygens (including phenoxy) is 1. The molecule has 96 valence electrons. The Bertz CT molecular complexity index is 344. The fraction of sp³-hybridized carbons (Fsp3) is 0.700. The van der Waals surface area contributed by atoms with Gasteiger partial charge < -0.3 is 15.0 Å². The van der Waals surface area contributed by atoms with Crippen molar-refractivity contribution >= 4 is 29.1 Å². The van der Waals surface area contributed by atoms with E-state index in [4.69, 9.17) is 17.0 Å². The van der Waals surface area contributed by atoms with Gasteiger partial charge in [0.05, 0.1) is 6.61 Å². The lowest BCUT2D eigenvalue weighted by molar-refractivity contribution is -0.141. The molecular formula is C10H17N3O3S. The highest BCUT2D eigenvalue weighted by Gasteiger charge is 2.42. The van der Waals surface area contributed by atoms with Crippen molar-refractivity contribution in [3.8, 4) is 0 Å². The first-order valence-corrected chi connectivity index (χ1v) is 5.69. The van der Waals surface area contributed by atoms with Crippen molar-refractivity contribution in [3.63, 3.8) is 0 Å². The van der Waals surface area contributed by atoms with Gasteiger partial charge in [0, 0.05) is 13.7 Å². The molecule has 6 nitrogen and oxygen atoms in total. The topological polar surface area (TPSA) is 70.7 Å². The van der Waals surface area contributed by atoms with E-state index >= 15 is 0 Å². The number of nitrogens with zero attached hydrogens (tertiary/aromatic N) is 1. The molecule has 0 aliphatic carbocycles. The van der Waals surface area contributed by atoms with Crippen LogP contribution in [0.25, 0.3) is 0 Å². The number of nitrogens with one attached hydrogen (secondary N) is 2. The molecule has 1 saturated heterocycles. The maximum atomic E-state index is 11.7. The molecule has 7 heteroatoms. The third-order valence-electron chi connectivity index (χ3n) is 2.61. The third-order valence-corrected chi connectivity index (χ3v) is 2.98. The van der Waals surface area contributed by atoms with Gasteiger partial charge in [-0.2, -0.15) is 0 Å². The number of carbonyl (C=O) groups is 2. The van der Waals surface area contributed by atoms with E-state index in [1.54, 1.807) is 25.9 Å².